The molecular formula is C16H21NO5S2. The quantitative estimate of drug-likeness (QED) is 0.733. The van der Waals surface area contributed by atoms with Crippen molar-refractivity contribution in [1.82, 2.24) is 0 Å². The molecule has 1 fully saturated rings. The fraction of sp³-hybridized carbons (Fsp3) is 0.500. The Morgan fingerprint density at radius 2 is 2.00 bits per heavy atom. The highest BCUT2D eigenvalue weighted by atomic mass is 32.2. The Balaban J connectivity index is 1.66. The zero-order chi connectivity index (χ0) is 17.6. The Morgan fingerprint density at radius 1 is 1.29 bits per heavy atom. The number of benzene rings is 1. The van der Waals surface area contributed by atoms with Gasteiger partial charge in [0.1, 0.15) is 0 Å². The van der Waals surface area contributed by atoms with E-state index in [-0.39, 0.29) is 29.1 Å². The van der Waals surface area contributed by atoms with E-state index < -0.39 is 21.7 Å². The number of hydrogen-bond donors (Lipinski definition) is 1. The molecule has 132 valence electrons. The van der Waals surface area contributed by atoms with Gasteiger partial charge >= 0.3 is 5.97 Å². The first-order valence-corrected chi connectivity index (χ1v) is 10.6. The van der Waals surface area contributed by atoms with Crippen LogP contribution in [0.15, 0.2) is 24.3 Å². The lowest BCUT2D eigenvalue weighted by Crippen LogP contribution is -2.22. The monoisotopic (exact) mass is 371 g/mol. The van der Waals surface area contributed by atoms with Crippen LogP contribution in [0.3, 0.4) is 0 Å². The van der Waals surface area contributed by atoms with E-state index in [1.54, 1.807) is 12.1 Å². The van der Waals surface area contributed by atoms with E-state index in [4.69, 9.17) is 4.74 Å². The zero-order valence-electron chi connectivity index (χ0n) is 13.5. The highest BCUT2D eigenvalue weighted by molar-refractivity contribution is 8.02. The largest absolute Gasteiger partial charge is 0.455 e. The van der Waals surface area contributed by atoms with Crippen LogP contribution < -0.4 is 5.32 Å². The lowest BCUT2D eigenvalue weighted by molar-refractivity contribution is -0.144. The highest BCUT2D eigenvalue weighted by Crippen LogP contribution is 2.24. The number of thioether (sulfide) groups is 1. The molecule has 0 bridgehead atoms. The third-order valence-corrected chi connectivity index (χ3v) is 6.89. The number of carbonyl (C=O) groups is 2. The van der Waals surface area contributed by atoms with Crippen LogP contribution in [0.1, 0.15) is 18.9 Å². The minimum atomic E-state index is -2.95. The molecule has 0 saturated carbocycles. The summed E-state index contributed by atoms with van der Waals surface area (Å²) in [5.41, 5.74) is 1.82. The van der Waals surface area contributed by atoms with Gasteiger partial charge in [-0.3, -0.25) is 9.59 Å². The van der Waals surface area contributed by atoms with E-state index >= 15 is 0 Å². The molecule has 1 N–H and O–H groups in total. The number of sulfone groups is 1. The minimum absolute atomic E-state index is 0.0542. The van der Waals surface area contributed by atoms with Crippen LogP contribution in [0.25, 0.3) is 0 Å². The molecule has 1 amide bonds. The molecule has 2 rings (SSSR count). The second-order valence-corrected chi connectivity index (χ2v) is 9.11. The first-order valence-electron chi connectivity index (χ1n) is 7.74. The summed E-state index contributed by atoms with van der Waals surface area (Å²) in [6, 6.07) is 7.45. The van der Waals surface area contributed by atoms with Gasteiger partial charge < -0.3 is 10.1 Å². The average molecular weight is 371 g/mol. The van der Waals surface area contributed by atoms with Crippen molar-refractivity contribution in [2.75, 3.05) is 29.2 Å². The average Bonchev–Trinajstić information content (AvgIpc) is 2.91. The van der Waals surface area contributed by atoms with E-state index in [1.165, 1.54) is 17.3 Å². The number of hydrogen-bond acceptors (Lipinski definition) is 6. The SMILES string of the molecule is CCc1ccc(NC(=O)COC(=O)CS[C@H]2CCS(=O)(=O)C2)cc1. The third kappa shape index (κ3) is 6.16. The van der Waals surface area contributed by atoms with E-state index in [9.17, 15) is 18.0 Å². The predicted molar refractivity (Wildman–Crippen MR) is 94.9 cm³/mol. The van der Waals surface area contributed by atoms with Crippen molar-refractivity contribution in [3.8, 4) is 0 Å². The van der Waals surface area contributed by atoms with Crippen LogP contribution >= 0.6 is 11.8 Å². The molecule has 1 aliphatic rings. The van der Waals surface area contributed by atoms with Gasteiger partial charge in [0.2, 0.25) is 0 Å². The molecule has 0 aromatic heterocycles. The lowest BCUT2D eigenvalue weighted by atomic mass is 10.1. The van der Waals surface area contributed by atoms with Gasteiger partial charge in [0.25, 0.3) is 5.91 Å². The molecule has 0 spiro atoms. The molecule has 0 aliphatic carbocycles. The second kappa shape index (κ2) is 8.53. The minimum Gasteiger partial charge on any atom is -0.455 e. The first-order chi connectivity index (χ1) is 11.4. The van der Waals surface area contributed by atoms with Crippen LogP contribution in [0, 0.1) is 0 Å². The van der Waals surface area contributed by atoms with Crippen molar-refractivity contribution in [3.05, 3.63) is 29.8 Å². The second-order valence-electron chi connectivity index (χ2n) is 5.60. The number of nitrogens with one attached hydrogen (secondary N) is 1. The Bertz CT molecular complexity index is 685. The van der Waals surface area contributed by atoms with Gasteiger partial charge in [-0.25, -0.2) is 8.42 Å². The number of aryl methyl sites for hydroxylation is 1. The number of rotatable bonds is 7. The summed E-state index contributed by atoms with van der Waals surface area (Å²) in [6.07, 6.45) is 1.49. The number of amides is 1. The van der Waals surface area contributed by atoms with Crippen LogP contribution in [-0.4, -0.2) is 49.4 Å². The van der Waals surface area contributed by atoms with Gasteiger partial charge in [-0.15, -0.1) is 11.8 Å². The zero-order valence-corrected chi connectivity index (χ0v) is 15.1. The van der Waals surface area contributed by atoms with Crippen molar-refractivity contribution in [2.45, 2.75) is 25.0 Å². The highest BCUT2D eigenvalue weighted by Gasteiger charge is 2.28. The molecule has 24 heavy (non-hydrogen) atoms. The topological polar surface area (TPSA) is 89.5 Å². The molecule has 1 saturated heterocycles. The smallest absolute Gasteiger partial charge is 0.316 e. The van der Waals surface area contributed by atoms with Crippen molar-refractivity contribution >= 4 is 39.2 Å². The fourth-order valence-electron chi connectivity index (χ4n) is 2.29. The molecule has 1 heterocycles. The normalized spacial score (nSPS) is 19.0. The van der Waals surface area contributed by atoms with Crippen molar-refractivity contribution in [3.63, 3.8) is 0 Å². The predicted octanol–water partition coefficient (Wildman–Crippen LogP) is 1.65. The van der Waals surface area contributed by atoms with Crippen LogP contribution in [0.2, 0.25) is 0 Å². The standard InChI is InChI=1S/C16H21NO5S2/c1-2-12-3-5-13(6-4-12)17-15(18)9-22-16(19)10-23-14-7-8-24(20,21)11-14/h3-6,14H,2,7-11H2,1H3,(H,17,18)/t14-/m0/s1. The maximum atomic E-state index is 11.7. The number of ether oxygens (including phenoxy) is 1. The van der Waals surface area contributed by atoms with Crippen LogP contribution in [0.5, 0.6) is 0 Å². The molecule has 0 radical (unpaired) electrons. The molecule has 0 unspecified atom stereocenters. The number of carbonyl (C=O) groups excluding carboxylic acids is 2. The van der Waals surface area contributed by atoms with Crippen LogP contribution in [-0.2, 0) is 30.6 Å². The van der Waals surface area contributed by atoms with Gasteiger partial charge in [0.15, 0.2) is 16.4 Å². The Morgan fingerprint density at radius 3 is 2.58 bits per heavy atom. The number of esters is 1. The van der Waals surface area contributed by atoms with Crippen LogP contribution in [0.4, 0.5) is 5.69 Å². The maximum Gasteiger partial charge on any atom is 0.316 e. The van der Waals surface area contributed by atoms with Crippen molar-refractivity contribution < 1.29 is 22.7 Å². The third-order valence-electron chi connectivity index (χ3n) is 3.64. The van der Waals surface area contributed by atoms with Gasteiger partial charge in [-0.2, -0.15) is 0 Å². The fourth-order valence-corrected chi connectivity index (χ4v) is 5.73. The van der Waals surface area contributed by atoms with Gasteiger partial charge in [-0.1, -0.05) is 19.1 Å². The Hall–Kier alpha value is -1.54. The van der Waals surface area contributed by atoms with E-state index in [0.29, 0.717) is 12.1 Å². The first kappa shape index (κ1) is 18.8. The summed E-state index contributed by atoms with van der Waals surface area (Å²) < 4.78 is 27.6. The Labute approximate surface area is 146 Å². The molecule has 1 atom stereocenters. The lowest BCUT2D eigenvalue weighted by Gasteiger charge is -2.09. The summed E-state index contributed by atoms with van der Waals surface area (Å²) in [7, 11) is -2.95. The summed E-state index contributed by atoms with van der Waals surface area (Å²) in [5, 5.41) is 2.59. The summed E-state index contributed by atoms with van der Waals surface area (Å²) in [5.74, 6) is -0.571. The van der Waals surface area contributed by atoms with Gasteiger partial charge in [0, 0.05) is 10.9 Å². The molecule has 8 heteroatoms. The van der Waals surface area contributed by atoms with Crippen molar-refractivity contribution in [2.24, 2.45) is 0 Å². The molecule has 1 aromatic rings. The summed E-state index contributed by atoms with van der Waals surface area (Å²) >= 11 is 1.27. The van der Waals surface area contributed by atoms with E-state index in [0.717, 1.165) is 6.42 Å². The van der Waals surface area contributed by atoms with E-state index in [2.05, 4.69) is 5.32 Å². The Kier molecular flexibility index (Phi) is 6.68. The molecule has 1 aliphatic heterocycles. The van der Waals surface area contributed by atoms with Gasteiger partial charge in [0.05, 0.1) is 17.3 Å². The summed E-state index contributed by atoms with van der Waals surface area (Å²) in [4.78, 5) is 23.4. The molecule has 6 nitrogen and oxygen atoms in total. The molecular weight excluding hydrogens is 350 g/mol. The maximum absolute atomic E-state index is 11.7. The van der Waals surface area contributed by atoms with Gasteiger partial charge in [-0.05, 0) is 30.5 Å². The summed E-state index contributed by atoms with van der Waals surface area (Å²) in [6.45, 7) is 1.70. The number of anilines is 1. The van der Waals surface area contributed by atoms with E-state index in [1.807, 2.05) is 19.1 Å². The van der Waals surface area contributed by atoms with Crippen molar-refractivity contribution in [1.29, 1.82) is 0 Å². The molecule has 1 aromatic carbocycles.